The van der Waals surface area contributed by atoms with E-state index in [0.29, 0.717) is 4.47 Å². The molecule has 1 aromatic rings. The largest absolute Gasteiger partial charge is 0.507 e. The molecule has 72 valence electrons. The van der Waals surface area contributed by atoms with Crippen LogP contribution in [0.2, 0.25) is 0 Å². The predicted octanol–water partition coefficient (Wildman–Crippen LogP) is 2.76. The second-order valence-corrected chi connectivity index (χ2v) is 3.33. The molecule has 1 aromatic carbocycles. The molecule has 0 unspecified atom stereocenters. The molecule has 13 heavy (non-hydrogen) atoms. The fourth-order valence-corrected chi connectivity index (χ4v) is 1.26. The molecule has 0 radical (unpaired) electrons. The number of aromatic hydroxyl groups is 1. The minimum absolute atomic E-state index is 0. The molecule has 2 nitrogen and oxygen atoms in total. The summed E-state index contributed by atoms with van der Waals surface area (Å²) >= 11 is 3.20. The van der Waals surface area contributed by atoms with Crippen molar-refractivity contribution in [1.29, 1.82) is 0 Å². The van der Waals surface area contributed by atoms with Gasteiger partial charge in [-0.3, -0.25) is 0 Å². The highest BCUT2D eigenvalue weighted by atomic mass is 79.9. The number of phenolic OH excluding ortho intramolecular Hbond substituents is 1. The predicted molar refractivity (Wildman–Crippen MR) is 60.2 cm³/mol. The lowest BCUT2D eigenvalue weighted by Gasteiger charge is -2.07. The summed E-state index contributed by atoms with van der Waals surface area (Å²) in [5.41, 5.74) is 6.62. The fourth-order valence-electron chi connectivity index (χ4n) is 0.867. The number of halogens is 2. The zero-order valence-electron chi connectivity index (χ0n) is 6.90. The summed E-state index contributed by atoms with van der Waals surface area (Å²) in [7, 11) is 0. The standard InChI is InChI=1S/C9H10BrNO.ClH/c1-2-8(11)6-3-4-9(12)7(10)5-6;/h2-5,8,12H,1,11H2;1H/t8-;/m1./s1. The molecule has 0 saturated heterocycles. The van der Waals surface area contributed by atoms with Crippen LogP contribution in [0.5, 0.6) is 5.75 Å². The van der Waals surface area contributed by atoms with E-state index in [1.165, 1.54) is 0 Å². The van der Waals surface area contributed by atoms with E-state index in [0.717, 1.165) is 5.56 Å². The Morgan fingerprint density at radius 3 is 2.62 bits per heavy atom. The molecule has 0 aliphatic heterocycles. The SMILES string of the molecule is C=C[C@@H](N)c1ccc(O)c(Br)c1.Cl. The van der Waals surface area contributed by atoms with E-state index in [2.05, 4.69) is 22.5 Å². The van der Waals surface area contributed by atoms with Gasteiger partial charge in [0.25, 0.3) is 0 Å². The molecule has 1 atom stereocenters. The lowest BCUT2D eigenvalue weighted by Crippen LogP contribution is -2.05. The van der Waals surface area contributed by atoms with Crippen molar-refractivity contribution in [2.24, 2.45) is 5.73 Å². The summed E-state index contributed by atoms with van der Waals surface area (Å²) in [6.07, 6.45) is 1.65. The van der Waals surface area contributed by atoms with Crippen LogP contribution in [0.4, 0.5) is 0 Å². The van der Waals surface area contributed by atoms with E-state index >= 15 is 0 Å². The number of hydrogen-bond donors (Lipinski definition) is 2. The molecule has 3 N–H and O–H groups in total. The first kappa shape index (κ1) is 12.5. The van der Waals surface area contributed by atoms with Gasteiger partial charge in [0.2, 0.25) is 0 Å². The van der Waals surface area contributed by atoms with Crippen molar-refractivity contribution in [2.45, 2.75) is 6.04 Å². The van der Waals surface area contributed by atoms with Crippen LogP contribution in [0.1, 0.15) is 11.6 Å². The number of nitrogens with two attached hydrogens (primary N) is 1. The Morgan fingerprint density at radius 1 is 1.54 bits per heavy atom. The molecule has 0 aliphatic carbocycles. The van der Waals surface area contributed by atoms with Gasteiger partial charge in [-0.25, -0.2) is 0 Å². The first-order valence-electron chi connectivity index (χ1n) is 3.51. The van der Waals surface area contributed by atoms with Crippen LogP contribution in [0, 0.1) is 0 Å². The van der Waals surface area contributed by atoms with E-state index in [-0.39, 0.29) is 24.2 Å². The lowest BCUT2D eigenvalue weighted by atomic mass is 10.1. The van der Waals surface area contributed by atoms with E-state index in [1.807, 2.05) is 0 Å². The van der Waals surface area contributed by atoms with E-state index in [1.54, 1.807) is 24.3 Å². The highest BCUT2D eigenvalue weighted by Crippen LogP contribution is 2.26. The summed E-state index contributed by atoms with van der Waals surface area (Å²) in [6, 6.07) is 4.97. The number of rotatable bonds is 2. The van der Waals surface area contributed by atoms with Crippen molar-refractivity contribution in [1.82, 2.24) is 0 Å². The van der Waals surface area contributed by atoms with Crippen molar-refractivity contribution in [3.63, 3.8) is 0 Å². The van der Waals surface area contributed by atoms with Crippen molar-refractivity contribution in [2.75, 3.05) is 0 Å². The maximum atomic E-state index is 9.18. The highest BCUT2D eigenvalue weighted by Gasteiger charge is 2.03. The van der Waals surface area contributed by atoms with E-state index in [4.69, 9.17) is 5.73 Å². The number of phenols is 1. The van der Waals surface area contributed by atoms with Gasteiger partial charge in [-0.1, -0.05) is 12.1 Å². The van der Waals surface area contributed by atoms with Gasteiger partial charge in [-0.15, -0.1) is 19.0 Å². The van der Waals surface area contributed by atoms with Crippen molar-refractivity contribution >= 4 is 28.3 Å². The second kappa shape index (κ2) is 5.27. The molecule has 0 spiro atoms. The van der Waals surface area contributed by atoms with Crippen LogP contribution in [-0.2, 0) is 0 Å². The fraction of sp³-hybridized carbons (Fsp3) is 0.111. The van der Waals surface area contributed by atoms with E-state index in [9.17, 15) is 5.11 Å². The zero-order valence-corrected chi connectivity index (χ0v) is 9.31. The molecular formula is C9H11BrClNO. The maximum absolute atomic E-state index is 9.18. The van der Waals surface area contributed by atoms with Crippen LogP contribution >= 0.6 is 28.3 Å². The van der Waals surface area contributed by atoms with Gasteiger partial charge >= 0.3 is 0 Å². The van der Waals surface area contributed by atoms with Gasteiger partial charge in [0.05, 0.1) is 4.47 Å². The summed E-state index contributed by atoms with van der Waals surface area (Å²) < 4.78 is 0.650. The molecule has 0 aliphatic rings. The maximum Gasteiger partial charge on any atom is 0.129 e. The minimum Gasteiger partial charge on any atom is -0.507 e. The molecule has 1 rings (SSSR count). The van der Waals surface area contributed by atoms with Gasteiger partial charge in [-0.2, -0.15) is 0 Å². The molecule has 0 saturated carbocycles. The summed E-state index contributed by atoms with van der Waals surface area (Å²) in [5, 5.41) is 9.18. The molecule has 0 bridgehead atoms. The van der Waals surface area contributed by atoms with Gasteiger partial charge in [0.1, 0.15) is 5.75 Å². The number of hydrogen-bond acceptors (Lipinski definition) is 2. The van der Waals surface area contributed by atoms with Crippen molar-refractivity contribution in [3.8, 4) is 5.75 Å². The third kappa shape index (κ3) is 3.03. The molecule has 0 fully saturated rings. The lowest BCUT2D eigenvalue weighted by molar-refractivity contribution is 0.471. The van der Waals surface area contributed by atoms with Gasteiger partial charge in [0.15, 0.2) is 0 Å². The van der Waals surface area contributed by atoms with Gasteiger partial charge in [-0.05, 0) is 33.6 Å². The van der Waals surface area contributed by atoms with Crippen LogP contribution < -0.4 is 5.73 Å². The minimum atomic E-state index is -0.179. The molecule has 0 heterocycles. The Balaban J connectivity index is 0.00000144. The monoisotopic (exact) mass is 263 g/mol. The van der Waals surface area contributed by atoms with Crippen LogP contribution in [0.25, 0.3) is 0 Å². The summed E-state index contributed by atoms with van der Waals surface area (Å²) in [6.45, 7) is 3.59. The molecule has 0 aromatic heterocycles. The Bertz CT molecular complexity index is 304. The quantitative estimate of drug-likeness (QED) is 0.807. The summed E-state index contributed by atoms with van der Waals surface area (Å²) in [5.74, 6) is 0.218. The molecular weight excluding hydrogens is 253 g/mol. The second-order valence-electron chi connectivity index (χ2n) is 2.47. The van der Waals surface area contributed by atoms with Crippen LogP contribution in [0.3, 0.4) is 0 Å². The van der Waals surface area contributed by atoms with Crippen molar-refractivity contribution < 1.29 is 5.11 Å². The highest BCUT2D eigenvalue weighted by molar-refractivity contribution is 9.10. The van der Waals surface area contributed by atoms with Gasteiger partial charge < -0.3 is 10.8 Å². The topological polar surface area (TPSA) is 46.2 Å². The van der Waals surface area contributed by atoms with Crippen LogP contribution in [-0.4, -0.2) is 5.11 Å². The first-order valence-corrected chi connectivity index (χ1v) is 4.31. The molecule has 4 heteroatoms. The van der Waals surface area contributed by atoms with E-state index < -0.39 is 0 Å². The Kier molecular flexibility index (Phi) is 5.06. The molecule has 0 amide bonds. The third-order valence-corrected chi connectivity index (χ3v) is 2.25. The average Bonchev–Trinajstić information content (AvgIpc) is 2.08. The third-order valence-electron chi connectivity index (χ3n) is 1.61. The summed E-state index contributed by atoms with van der Waals surface area (Å²) in [4.78, 5) is 0. The number of benzene rings is 1. The first-order chi connectivity index (χ1) is 5.65. The van der Waals surface area contributed by atoms with Crippen LogP contribution in [0.15, 0.2) is 35.3 Å². The Labute approximate surface area is 92.0 Å². The van der Waals surface area contributed by atoms with Crippen molar-refractivity contribution in [3.05, 3.63) is 40.9 Å². The Hall–Kier alpha value is -0.510. The normalized spacial score (nSPS) is 11.5. The smallest absolute Gasteiger partial charge is 0.129 e. The Morgan fingerprint density at radius 2 is 2.15 bits per heavy atom. The average molecular weight is 265 g/mol. The van der Waals surface area contributed by atoms with Gasteiger partial charge in [0, 0.05) is 6.04 Å². The zero-order chi connectivity index (χ0) is 9.14.